The smallest absolute Gasteiger partial charge is 0.128 e. The molecule has 3 heteroatoms. The van der Waals surface area contributed by atoms with Gasteiger partial charge < -0.3 is 4.90 Å². The molecule has 0 fully saturated rings. The molecule has 1 aromatic heterocycles. The summed E-state index contributed by atoms with van der Waals surface area (Å²) in [5, 5.41) is 0. The van der Waals surface area contributed by atoms with Crippen LogP contribution in [0.15, 0.2) is 16.7 Å². The molecule has 2 nitrogen and oxygen atoms in total. The van der Waals surface area contributed by atoms with Crippen LogP contribution in [0.2, 0.25) is 0 Å². The molecule has 1 heterocycles. The number of hydrogen-bond acceptors (Lipinski definition) is 2. The van der Waals surface area contributed by atoms with Crippen LogP contribution in [0.1, 0.15) is 26.3 Å². The monoisotopic (exact) mass is 270 g/mol. The topological polar surface area (TPSA) is 16.1 Å². The third kappa shape index (κ3) is 3.82. The predicted molar refractivity (Wildman–Crippen MR) is 69.4 cm³/mol. The van der Waals surface area contributed by atoms with Gasteiger partial charge in [-0.25, -0.2) is 4.98 Å². The van der Waals surface area contributed by atoms with Gasteiger partial charge in [0.2, 0.25) is 0 Å². The number of halogens is 1. The van der Waals surface area contributed by atoms with Crippen LogP contribution in [0.5, 0.6) is 0 Å². The van der Waals surface area contributed by atoms with Crippen LogP contribution < -0.4 is 4.90 Å². The fourth-order valence-corrected chi connectivity index (χ4v) is 1.74. The van der Waals surface area contributed by atoms with Gasteiger partial charge in [0, 0.05) is 24.3 Å². The van der Waals surface area contributed by atoms with Crippen LogP contribution in [0, 0.1) is 12.3 Å². The molecule has 0 atom stereocenters. The molecule has 0 aliphatic rings. The van der Waals surface area contributed by atoms with Gasteiger partial charge >= 0.3 is 0 Å². The van der Waals surface area contributed by atoms with E-state index in [0.29, 0.717) is 0 Å². The Morgan fingerprint density at radius 2 is 2.00 bits per heavy atom. The summed E-state index contributed by atoms with van der Waals surface area (Å²) in [4.78, 5) is 6.60. The Labute approximate surface area is 101 Å². The van der Waals surface area contributed by atoms with E-state index in [4.69, 9.17) is 0 Å². The molecule has 0 radical (unpaired) electrons. The number of rotatable bonds is 2. The normalized spacial score (nSPS) is 11.6. The van der Waals surface area contributed by atoms with E-state index in [-0.39, 0.29) is 5.41 Å². The van der Waals surface area contributed by atoms with E-state index < -0.39 is 0 Å². The second kappa shape index (κ2) is 4.52. The molecular formula is C12H19BrN2. The lowest BCUT2D eigenvalue weighted by Gasteiger charge is -2.27. The van der Waals surface area contributed by atoms with Crippen molar-refractivity contribution >= 4 is 21.7 Å². The standard InChI is InChI=1S/C12H19BrN2/c1-9-6-11(14-7-10(9)13)15(5)8-12(2,3)4/h6-7H,8H2,1-5H3. The van der Waals surface area contributed by atoms with Gasteiger partial charge in [-0.1, -0.05) is 20.8 Å². The highest BCUT2D eigenvalue weighted by atomic mass is 79.9. The van der Waals surface area contributed by atoms with Crippen molar-refractivity contribution < 1.29 is 0 Å². The first-order valence-corrected chi connectivity index (χ1v) is 5.92. The molecule has 15 heavy (non-hydrogen) atoms. The van der Waals surface area contributed by atoms with Crippen LogP contribution in [-0.4, -0.2) is 18.6 Å². The molecule has 0 aliphatic heterocycles. The maximum absolute atomic E-state index is 4.40. The SMILES string of the molecule is Cc1cc(N(C)CC(C)(C)C)ncc1Br. The Bertz CT molecular complexity index is 342. The molecule has 0 saturated heterocycles. The molecule has 1 aromatic rings. The lowest BCUT2D eigenvalue weighted by atomic mass is 9.96. The second-order valence-corrected chi connectivity index (χ2v) is 6.06. The van der Waals surface area contributed by atoms with Gasteiger partial charge in [-0.15, -0.1) is 0 Å². The molecule has 0 saturated carbocycles. The summed E-state index contributed by atoms with van der Waals surface area (Å²) >= 11 is 3.46. The average molecular weight is 271 g/mol. The quantitative estimate of drug-likeness (QED) is 0.816. The zero-order valence-corrected chi connectivity index (χ0v) is 11.7. The molecule has 0 amide bonds. The van der Waals surface area contributed by atoms with Crippen molar-refractivity contribution in [1.82, 2.24) is 4.98 Å². The maximum atomic E-state index is 4.40. The first kappa shape index (κ1) is 12.5. The molecule has 1 rings (SSSR count). The van der Waals surface area contributed by atoms with E-state index in [1.165, 1.54) is 5.56 Å². The van der Waals surface area contributed by atoms with Crippen molar-refractivity contribution in [3.63, 3.8) is 0 Å². The van der Waals surface area contributed by atoms with Crippen molar-refractivity contribution in [2.24, 2.45) is 5.41 Å². The summed E-state index contributed by atoms with van der Waals surface area (Å²) in [7, 11) is 2.08. The molecule has 84 valence electrons. The molecule has 0 bridgehead atoms. The minimum absolute atomic E-state index is 0.289. The van der Waals surface area contributed by atoms with Gasteiger partial charge in [0.1, 0.15) is 5.82 Å². The number of anilines is 1. The van der Waals surface area contributed by atoms with Crippen molar-refractivity contribution in [2.45, 2.75) is 27.7 Å². The van der Waals surface area contributed by atoms with Crippen LogP contribution in [0.4, 0.5) is 5.82 Å². The summed E-state index contributed by atoms with van der Waals surface area (Å²) in [5.74, 6) is 1.03. The summed E-state index contributed by atoms with van der Waals surface area (Å²) < 4.78 is 1.07. The van der Waals surface area contributed by atoms with E-state index in [2.05, 4.69) is 66.6 Å². The molecular weight excluding hydrogens is 252 g/mol. The van der Waals surface area contributed by atoms with Crippen LogP contribution in [-0.2, 0) is 0 Å². The van der Waals surface area contributed by atoms with Gasteiger partial charge in [-0.3, -0.25) is 0 Å². The van der Waals surface area contributed by atoms with Crippen molar-refractivity contribution in [3.8, 4) is 0 Å². The molecule has 0 N–H and O–H groups in total. The molecule has 0 aromatic carbocycles. The van der Waals surface area contributed by atoms with E-state index >= 15 is 0 Å². The lowest BCUT2D eigenvalue weighted by molar-refractivity contribution is 0.418. The summed E-state index contributed by atoms with van der Waals surface area (Å²) in [6.45, 7) is 9.78. The summed E-state index contributed by atoms with van der Waals surface area (Å²) in [6, 6.07) is 2.11. The van der Waals surface area contributed by atoms with E-state index in [1.54, 1.807) is 0 Å². The Balaban J connectivity index is 2.83. The Kier molecular flexibility index (Phi) is 3.77. The second-order valence-electron chi connectivity index (χ2n) is 5.21. The highest BCUT2D eigenvalue weighted by Crippen LogP contribution is 2.22. The molecule has 0 spiro atoms. The number of hydrogen-bond donors (Lipinski definition) is 0. The first-order valence-electron chi connectivity index (χ1n) is 5.13. The summed E-state index contributed by atoms with van der Waals surface area (Å²) in [6.07, 6.45) is 1.86. The first-order chi connectivity index (χ1) is 6.79. The zero-order chi connectivity index (χ0) is 11.6. The van der Waals surface area contributed by atoms with Gasteiger partial charge in [-0.2, -0.15) is 0 Å². The Hall–Kier alpha value is -0.570. The van der Waals surface area contributed by atoms with E-state index in [0.717, 1.165) is 16.8 Å². The minimum Gasteiger partial charge on any atom is -0.359 e. The third-order valence-electron chi connectivity index (χ3n) is 2.14. The van der Waals surface area contributed by atoms with Gasteiger partial charge in [0.05, 0.1) is 0 Å². The fourth-order valence-electron chi connectivity index (χ4n) is 1.53. The van der Waals surface area contributed by atoms with E-state index in [9.17, 15) is 0 Å². The average Bonchev–Trinajstić information content (AvgIpc) is 2.06. The largest absolute Gasteiger partial charge is 0.359 e. The van der Waals surface area contributed by atoms with E-state index in [1.807, 2.05) is 6.20 Å². The highest BCUT2D eigenvalue weighted by Gasteiger charge is 2.14. The number of pyridine rings is 1. The van der Waals surface area contributed by atoms with Gasteiger partial charge in [0.25, 0.3) is 0 Å². The van der Waals surface area contributed by atoms with Crippen molar-refractivity contribution in [2.75, 3.05) is 18.5 Å². The zero-order valence-electron chi connectivity index (χ0n) is 10.1. The minimum atomic E-state index is 0.289. The highest BCUT2D eigenvalue weighted by molar-refractivity contribution is 9.10. The maximum Gasteiger partial charge on any atom is 0.128 e. The predicted octanol–water partition coefficient (Wildman–Crippen LogP) is 3.63. The van der Waals surface area contributed by atoms with Gasteiger partial charge in [-0.05, 0) is 39.9 Å². The summed E-state index contributed by atoms with van der Waals surface area (Å²) in [5.41, 5.74) is 1.51. The Morgan fingerprint density at radius 1 is 1.40 bits per heavy atom. The lowest BCUT2D eigenvalue weighted by Crippen LogP contribution is -2.29. The van der Waals surface area contributed by atoms with Gasteiger partial charge in [0.15, 0.2) is 0 Å². The Morgan fingerprint density at radius 3 is 2.47 bits per heavy atom. The molecule has 0 unspecified atom stereocenters. The number of nitrogens with zero attached hydrogens (tertiary/aromatic N) is 2. The number of aryl methyl sites for hydroxylation is 1. The number of aromatic nitrogens is 1. The molecule has 0 aliphatic carbocycles. The van der Waals surface area contributed by atoms with Crippen molar-refractivity contribution in [3.05, 3.63) is 22.3 Å². The van der Waals surface area contributed by atoms with Crippen LogP contribution >= 0.6 is 15.9 Å². The van der Waals surface area contributed by atoms with Crippen molar-refractivity contribution in [1.29, 1.82) is 0 Å². The third-order valence-corrected chi connectivity index (χ3v) is 2.97. The van der Waals surface area contributed by atoms with Crippen LogP contribution in [0.3, 0.4) is 0 Å². The van der Waals surface area contributed by atoms with Crippen LogP contribution in [0.25, 0.3) is 0 Å². The fraction of sp³-hybridized carbons (Fsp3) is 0.583.